The maximum atomic E-state index is 13.9. The Morgan fingerprint density at radius 3 is 2.34 bits per heavy atom. The molecule has 0 atom stereocenters. The van der Waals surface area contributed by atoms with Crippen molar-refractivity contribution in [2.45, 2.75) is 33.5 Å². The van der Waals surface area contributed by atoms with Crippen molar-refractivity contribution in [3.8, 4) is 5.88 Å². The van der Waals surface area contributed by atoms with Gasteiger partial charge in [-0.1, -0.05) is 6.07 Å². The summed E-state index contributed by atoms with van der Waals surface area (Å²) in [4.78, 5) is 39.6. The average molecular weight is 573 g/mol. The van der Waals surface area contributed by atoms with Crippen LogP contribution >= 0.6 is 0 Å². The molecule has 0 saturated carbocycles. The molecule has 2 aromatic heterocycles. The van der Waals surface area contributed by atoms with Gasteiger partial charge in [-0.25, -0.2) is 9.97 Å². The van der Waals surface area contributed by atoms with Crippen LogP contribution in [0.25, 0.3) is 0 Å². The number of nitrogens with one attached hydrogen (secondary N) is 3. The molecular formula is C27H31F3N8O3. The number of carbonyl (C=O) groups is 2. The van der Waals surface area contributed by atoms with E-state index in [4.69, 9.17) is 4.74 Å². The minimum atomic E-state index is -4.74. The number of aromatic nitrogens is 3. The minimum absolute atomic E-state index is 0.0324. The Balaban J connectivity index is 1.62. The fraction of sp³-hybridized carbons (Fsp3) is 0.370. The van der Waals surface area contributed by atoms with Crippen LogP contribution in [-0.4, -0.2) is 69.9 Å². The molecule has 3 N–H and O–H groups in total. The predicted octanol–water partition coefficient (Wildman–Crippen LogP) is 4.32. The van der Waals surface area contributed by atoms with E-state index < -0.39 is 17.6 Å². The first kappa shape index (κ1) is 29.5. The van der Waals surface area contributed by atoms with Gasteiger partial charge in [0.25, 0.3) is 0 Å². The summed E-state index contributed by atoms with van der Waals surface area (Å²) in [6.45, 7) is 7.77. The summed E-state index contributed by atoms with van der Waals surface area (Å²) in [7, 11) is 1.45. The molecule has 0 radical (unpaired) electrons. The number of anilines is 5. The molecule has 41 heavy (non-hydrogen) atoms. The molecule has 3 aromatic rings. The van der Waals surface area contributed by atoms with Crippen LogP contribution in [0.5, 0.6) is 5.88 Å². The van der Waals surface area contributed by atoms with Crippen LogP contribution in [0.15, 0.2) is 36.7 Å². The number of rotatable bonds is 8. The standard InChI is InChI=1S/C27H31F3N8O3/c1-16-13-31-24(41-4)12-22(16)35-26-32-14-20(27(28,29)30)25(36-26)34-21-6-5-19(11-23(21)33-17(2)39)15-37-7-9-38(10-8-37)18(3)40/h5-6,11-14H,7-10,15H2,1-4H3,(H,33,39)(H2,31,32,34,35,36). The lowest BCUT2D eigenvalue weighted by molar-refractivity contribution is -0.137. The van der Waals surface area contributed by atoms with Crippen molar-refractivity contribution in [2.75, 3.05) is 49.2 Å². The van der Waals surface area contributed by atoms with Gasteiger partial charge in [0, 0.05) is 65.0 Å². The van der Waals surface area contributed by atoms with Crippen molar-refractivity contribution in [3.05, 3.63) is 53.3 Å². The molecule has 1 aliphatic rings. The minimum Gasteiger partial charge on any atom is -0.481 e. The zero-order valence-corrected chi connectivity index (χ0v) is 23.1. The molecule has 1 saturated heterocycles. The second kappa shape index (κ2) is 12.4. The Morgan fingerprint density at radius 2 is 1.71 bits per heavy atom. The van der Waals surface area contributed by atoms with Gasteiger partial charge in [-0.15, -0.1) is 0 Å². The lowest BCUT2D eigenvalue weighted by Crippen LogP contribution is -2.47. The summed E-state index contributed by atoms with van der Waals surface area (Å²) in [6, 6.07) is 6.66. The van der Waals surface area contributed by atoms with E-state index in [0.29, 0.717) is 61.7 Å². The number of pyridine rings is 1. The molecule has 1 fully saturated rings. The van der Waals surface area contributed by atoms with Gasteiger partial charge >= 0.3 is 6.18 Å². The Bertz CT molecular complexity index is 1430. The molecule has 3 heterocycles. The van der Waals surface area contributed by atoms with Crippen molar-refractivity contribution >= 4 is 40.6 Å². The fourth-order valence-electron chi connectivity index (χ4n) is 4.31. The third kappa shape index (κ3) is 7.60. The zero-order valence-electron chi connectivity index (χ0n) is 23.1. The van der Waals surface area contributed by atoms with Gasteiger partial charge in [0.2, 0.25) is 23.6 Å². The van der Waals surface area contributed by atoms with E-state index in [-0.39, 0.29) is 23.5 Å². The molecule has 1 aliphatic heterocycles. The largest absolute Gasteiger partial charge is 0.481 e. The molecule has 0 bridgehead atoms. The highest BCUT2D eigenvalue weighted by Crippen LogP contribution is 2.37. The zero-order chi connectivity index (χ0) is 29.7. The van der Waals surface area contributed by atoms with Crippen LogP contribution in [0, 0.1) is 6.92 Å². The van der Waals surface area contributed by atoms with Crippen LogP contribution in [0.2, 0.25) is 0 Å². The van der Waals surface area contributed by atoms with Crippen molar-refractivity contribution < 1.29 is 27.5 Å². The highest BCUT2D eigenvalue weighted by molar-refractivity contribution is 5.93. The third-order valence-corrected chi connectivity index (χ3v) is 6.50. The quantitative estimate of drug-likeness (QED) is 0.362. The van der Waals surface area contributed by atoms with E-state index >= 15 is 0 Å². The maximum Gasteiger partial charge on any atom is 0.421 e. The molecule has 0 aliphatic carbocycles. The van der Waals surface area contributed by atoms with Gasteiger partial charge in [0.15, 0.2) is 0 Å². The average Bonchev–Trinajstić information content (AvgIpc) is 2.91. The second-order valence-electron chi connectivity index (χ2n) is 9.59. The van der Waals surface area contributed by atoms with E-state index in [1.54, 1.807) is 49.2 Å². The lowest BCUT2D eigenvalue weighted by Gasteiger charge is -2.34. The van der Waals surface area contributed by atoms with Crippen molar-refractivity contribution in [1.29, 1.82) is 0 Å². The number of hydrogen-bond donors (Lipinski definition) is 3. The normalized spacial score (nSPS) is 14.0. The van der Waals surface area contributed by atoms with Crippen LogP contribution in [0.1, 0.15) is 30.5 Å². The number of carbonyl (C=O) groups excluding carboxylic acids is 2. The number of aryl methyl sites for hydroxylation is 1. The lowest BCUT2D eigenvalue weighted by atomic mass is 10.1. The second-order valence-corrected chi connectivity index (χ2v) is 9.59. The van der Waals surface area contributed by atoms with E-state index in [1.165, 1.54) is 14.0 Å². The molecule has 2 amide bonds. The van der Waals surface area contributed by atoms with Crippen molar-refractivity contribution in [3.63, 3.8) is 0 Å². The number of halogens is 3. The molecule has 4 rings (SSSR count). The van der Waals surface area contributed by atoms with E-state index in [2.05, 4.69) is 35.8 Å². The molecule has 11 nitrogen and oxygen atoms in total. The monoisotopic (exact) mass is 572 g/mol. The van der Waals surface area contributed by atoms with Gasteiger partial charge < -0.3 is 25.6 Å². The molecular weight excluding hydrogens is 541 g/mol. The Labute approximate surface area is 235 Å². The maximum absolute atomic E-state index is 13.9. The van der Waals surface area contributed by atoms with Crippen molar-refractivity contribution in [1.82, 2.24) is 24.8 Å². The Hall–Kier alpha value is -4.46. The predicted molar refractivity (Wildman–Crippen MR) is 147 cm³/mol. The van der Waals surface area contributed by atoms with E-state index in [9.17, 15) is 22.8 Å². The molecule has 0 spiro atoms. The number of benzene rings is 1. The van der Waals surface area contributed by atoms with Gasteiger partial charge in [-0.3, -0.25) is 14.5 Å². The molecule has 14 heteroatoms. The Morgan fingerprint density at radius 1 is 0.976 bits per heavy atom. The number of hydrogen-bond acceptors (Lipinski definition) is 9. The van der Waals surface area contributed by atoms with Gasteiger partial charge in [0.05, 0.1) is 24.2 Å². The van der Waals surface area contributed by atoms with Crippen LogP contribution in [-0.2, 0) is 22.3 Å². The highest BCUT2D eigenvalue weighted by atomic mass is 19.4. The van der Waals surface area contributed by atoms with E-state index in [0.717, 1.165) is 5.56 Å². The fourth-order valence-corrected chi connectivity index (χ4v) is 4.31. The number of alkyl halides is 3. The third-order valence-electron chi connectivity index (χ3n) is 6.50. The number of ether oxygens (including phenoxy) is 1. The first-order valence-corrected chi connectivity index (χ1v) is 12.8. The number of piperazine rings is 1. The molecule has 0 unspecified atom stereocenters. The number of nitrogens with zero attached hydrogens (tertiary/aromatic N) is 5. The number of amides is 2. The summed E-state index contributed by atoms with van der Waals surface area (Å²) >= 11 is 0. The molecule has 218 valence electrons. The summed E-state index contributed by atoms with van der Waals surface area (Å²) in [5.74, 6) is -0.620. The first-order chi connectivity index (χ1) is 19.4. The molecule has 1 aromatic carbocycles. The van der Waals surface area contributed by atoms with Crippen LogP contribution in [0.4, 0.5) is 42.0 Å². The number of methoxy groups -OCH3 is 1. The van der Waals surface area contributed by atoms with Gasteiger partial charge in [-0.2, -0.15) is 18.2 Å². The first-order valence-electron chi connectivity index (χ1n) is 12.8. The summed E-state index contributed by atoms with van der Waals surface area (Å²) in [5, 5.41) is 8.35. The topological polar surface area (TPSA) is 125 Å². The van der Waals surface area contributed by atoms with Crippen molar-refractivity contribution in [2.24, 2.45) is 0 Å². The smallest absolute Gasteiger partial charge is 0.421 e. The van der Waals surface area contributed by atoms with Gasteiger partial charge in [-0.05, 0) is 30.2 Å². The van der Waals surface area contributed by atoms with E-state index in [1.807, 2.05) is 0 Å². The van der Waals surface area contributed by atoms with Crippen LogP contribution in [0.3, 0.4) is 0 Å². The Kier molecular flexibility index (Phi) is 8.91. The summed E-state index contributed by atoms with van der Waals surface area (Å²) < 4.78 is 46.9. The van der Waals surface area contributed by atoms with Crippen LogP contribution < -0.4 is 20.7 Å². The summed E-state index contributed by atoms with van der Waals surface area (Å²) in [5.41, 5.74) is 1.51. The summed E-state index contributed by atoms with van der Waals surface area (Å²) in [6.07, 6.45) is -2.50. The SMILES string of the molecule is COc1cc(Nc2ncc(C(F)(F)F)c(Nc3ccc(CN4CCN(C(C)=O)CC4)cc3NC(C)=O)n2)c(C)cn1. The van der Waals surface area contributed by atoms with Gasteiger partial charge in [0.1, 0.15) is 11.4 Å². The highest BCUT2D eigenvalue weighted by Gasteiger charge is 2.35.